The predicted octanol–water partition coefficient (Wildman–Crippen LogP) is 2.99. The molecule has 1 aromatic heterocycles. The fraction of sp³-hybridized carbons (Fsp3) is 0.750. The summed E-state index contributed by atoms with van der Waals surface area (Å²) < 4.78 is 0. The molecule has 1 heterocycles. The molecule has 2 N–H and O–H groups in total. The van der Waals surface area contributed by atoms with Gasteiger partial charge >= 0.3 is 0 Å². The fourth-order valence-electron chi connectivity index (χ4n) is 2.51. The molecule has 2 aliphatic rings. The van der Waals surface area contributed by atoms with Crippen LogP contribution in [0.25, 0.3) is 0 Å². The van der Waals surface area contributed by atoms with E-state index >= 15 is 0 Å². The van der Waals surface area contributed by atoms with E-state index in [2.05, 4.69) is 13.8 Å². The molecule has 1 aromatic rings. The molecule has 1 saturated carbocycles. The summed E-state index contributed by atoms with van der Waals surface area (Å²) in [5.41, 5.74) is 7.79. The Hall–Kier alpha value is -0.410. The third-order valence-corrected chi connectivity index (χ3v) is 5.07. The van der Waals surface area contributed by atoms with Crippen LogP contribution in [0.4, 0.5) is 0 Å². The van der Waals surface area contributed by atoms with Gasteiger partial charge in [-0.25, -0.2) is 4.98 Å². The molecule has 0 amide bonds. The zero-order chi connectivity index (χ0) is 10.6. The van der Waals surface area contributed by atoms with Gasteiger partial charge in [0.15, 0.2) is 0 Å². The number of hydrogen-bond acceptors (Lipinski definition) is 3. The van der Waals surface area contributed by atoms with Crippen molar-refractivity contribution in [1.82, 2.24) is 4.98 Å². The maximum absolute atomic E-state index is 6.09. The standard InChI is InChI=1S/C12H18N2S/c1-12(2)6-7(12)11-14-10-8(13)4-3-5-9(10)15-11/h7-8H,3-6,13H2,1-2H3. The van der Waals surface area contributed by atoms with E-state index in [1.54, 1.807) is 0 Å². The molecule has 2 nitrogen and oxygen atoms in total. The van der Waals surface area contributed by atoms with Crippen LogP contribution in [0.2, 0.25) is 0 Å². The molecule has 0 saturated heterocycles. The van der Waals surface area contributed by atoms with E-state index in [4.69, 9.17) is 10.7 Å². The molecule has 3 heteroatoms. The van der Waals surface area contributed by atoms with E-state index in [1.165, 1.54) is 34.8 Å². The van der Waals surface area contributed by atoms with E-state index in [-0.39, 0.29) is 6.04 Å². The molecule has 82 valence electrons. The number of aromatic nitrogens is 1. The first-order chi connectivity index (χ1) is 7.08. The number of aryl methyl sites for hydroxylation is 1. The van der Waals surface area contributed by atoms with Gasteiger partial charge in [-0.1, -0.05) is 13.8 Å². The second-order valence-electron chi connectivity index (χ2n) is 5.60. The Morgan fingerprint density at radius 3 is 2.80 bits per heavy atom. The number of rotatable bonds is 1. The van der Waals surface area contributed by atoms with E-state index in [0.29, 0.717) is 11.3 Å². The zero-order valence-electron chi connectivity index (χ0n) is 9.42. The third-order valence-electron chi connectivity index (χ3n) is 3.83. The number of nitrogens with two attached hydrogens (primary N) is 1. The highest BCUT2D eigenvalue weighted by Gasteiger charge is 2.48. The van der Waals surface area contributed by atoms with Crippen molar-refractivity contribution in [3.63, 3.8) is 0 Å². The third kappa shape index (κ3) is 1.53. The molecule has 2 atom stereocenters. The van der Waals surface area contributed by atoms with Crippen molar-refractivity contribution in [2.45, 2.75) is 51.5 Å². The number of hydrogen-bond donors (Lipinski definition) is 1. The van der Waals surface area contributed by atoms with Gasteiger partial charge in [-0.3, -0.25) is 0 Å². The van der Waals surface area contributed by atoms with Gasteiger partial charge in [0.25, 0.3) is 0 Å². The maximum atomic E-state index is 6.09. The van der Waals surface area contributed by atoms with Crippen molar-refractivity contribution in [3.05, 3.63) is 15.6 Å². The first-order valence-electron chi connectivity index (χ1n) is 5.83. The minimum atomic E-state index is 0.209. The van der Waals surface area contributed by atoms with Crippen LogP contribution in [0, 0.1) is 5.41 Å². The number of nitrogens with zero attached hydrogens (tertiary/aromatic N) is 1. The van der Waals surface area contributed by atoms with Gasteiger partial charge in [-0.15, -0.1) is 11.3 Å². The van der Waals surface area contributed by atoms with Crippen molar-refractivity contribution >= 4 is 11.3 Å². The summed E-state index contributed by atoms with van der Waals surface area (Å²) in [6, 6.07) is 0.209. The summed E-state index contributed by atoms with van der Waals surface area (Å²) in [6.07, 6.45) is 4.86. The van der Waals surface area contributed by atoms with E-state index in [1.807, 2.05) is 11.3 Å². The van der Waals surface area contributed by atoms with E-state index in [9.17, 15) is 0 Å². The average molecular weight is 222 g/mol. The van der Waals surface area contributed by atoms with Gasteiger partial charge in [0.05, 0.1) is 10.7 Å². The molecule has 15 heavy (non-hydrogen) atoms. The smallest absolute Gasteiger partial charge is 0.0968 e. The summed E-state index contributed by atoms with van der Waals surface area (Å²) in [6.45, 7) is 4.66. The average Bonchev–Trinajstić information content (AvgIpc) is 2.62. The van der Waals surface area contributed by atoms with Crippen LogP contribution in [0.3, 0.4) is 0 Å². The van der Waals surface area contributed by atoms with Crippen molar-refractivity contribution < 1.29 is 0 Å². The lowest BCUT2D eigenvalue weighted by Crippen LogP contribution is -2.16. The lowest BCUT2D eigenvalue weighted by molar-refractivity contribution is 0.560. The minimum Gasteiger partial charge on any atom is -0.323 e. The Morgan fingerprint density at radius 1 is 1.47 bits per heavy atom. The Morgan fingerprint density at radius 2 is 2.20 bits per heavy atom. The quantitative estimate of drug-likeness (QED) is 0.793. The van der Waals surface area contributed by atoms with Crippen molar-refractivity contribution in [3.8, 4) is 0 Å². The zero-order valence-corrected chi connectivity index (χ0v) is 10.2. The summed E-state index contributed by atoms with van der Waals surface area (Å²) >= 11 is 1.92. The predicted molar refractivity (Wildman–Crippen MR) is 63.1 cm³/mol. The summed E-state index contributed by atoms with van der Waals surface area (Å²) in [5, 5.41) is 1.35. The Kier molecular flexibility index (Phi) is 1.99. The van der Waals surface area contributed by atoms with E-state index in [0.717, 1.165) is 6.42 Å². The molecule has 0 bridgehead atoms. The van der Waals surface area contributed by atoms with E-state index < -0.39 is 0 Å². The molecule has 3 rings (SSSR count). The first-order valence-corrected chi connectivity index (χ1v) is 6.64. The second kappa shape index (κ2) is 3.05. The molecule has 2 unspecified atom stereocenters. The van der Waals surface area contributed by atoms with Crippen molar-refractivity contribution in [2.24, 2.45) is 11.1 Å². The molecule has 0 radical (unpaired) electrons. The summed E-state index contributed by atoms with van der Waals surface area (Å²) in [4.78, 5) is 6.25. The van der Waals surface area contributed by atoms with Crippen LogP contribution in [0.1, 0.15) is 60.6 Å². The topological polar surface area (TPSA) is 38.9 Å². The lowest BCUT2D eigenvalue weighted by Gasteiger charge is -2.15. The highest BCUT2D eigenvalue weighted by Crippen LogP contribution is 2.59. The van der Waals surface area contributed by atoms with Gasteiger partial charge in [0.1, 0.15) is 0 Å². The minimum absolute atomic E-state index is 0.209. The van der Waals surface area contributed by atoms with Gasteiger partial charge in [-0.05, 0) is 31.1 Å². The second-order valence-corrected chi connectivity index (χ2v) is 6.72. The molecule has 0 aliphatic heterocycles. The van der Waals surface area contributed by atoms with Gasteiger partial charge in [0, 0.05) is 16.8 Å². The fourth-order valence-corrected chi connectivity index (χ4v) is 4.00. The molecular weight excluding hydrogens is 204 g/mol. The monoisotopic (exact) mass is 222 g/mol. The van der Waals surface area contributed by atoms with Gasteiger partial charge in [-0.2, -0.15) is 0 Å². The van der Waals surface area contributed by atoms with Crippen LogP contribution >= 0.6 is 11.3 Å². The molecule has 0 aromatic carbocycles. The summed E-state index contributed by atoms with van der Waals surface area (Å²) in [7, 11) is 0. The van der Waals surface area contributed by atoms with Crippen LogP contribution in [0.15, 0.2) is 0 Å². The Labute approximate surface area is 94.9 Å². The normalized spacial score (nSPS) is 32.5. The van der Waals surface area contributed by atoms with Gasteiger partial charge < -0.3 is 5.73 Å². The van der Waals surface area contributed by atoms with Crippen LogP contribution in [-0.2, 0) is 6.42 Å². The van der Waals surface area contributed by atoms with Crippen molar-refractivity contribution in [1.29, 1.82) is 0 Å². The summed E-state index contributed by atoms with van der Waals surface area (Å²) in [5.74, 6) is 0.709. The van der Waals surface area contributed by atoms with Crippen LogP contribution in [0.5, 0.6) is 0 Å². The highest BCUT2D eigenvalue weighted by atomic mass is 32.1. The van der Waals surface area contributed by atoms with Crippen LogP contribution < -0.4 is 5.73 Å². The largest absolute Gasteiger partial charge is 0.323 e. The molecule has 1 fully saturated rings. The SMILES string of the molecule is CC1(C)CC1c1nc2c(s1)CCCC2N. The number of fused-ring (bicyclic) bond motifs is 1. The molecule has 0 spiro atoms. The molecule has 2 aliphatic carbocycles. The van der Waals surface area contributed by atoms with Gasteiger partial charge in [0.2, 0.25) is 0 Å². The Balaban J connectivity index is 1.93. The van der Waals surface area contributed by atoms with Crippen molar-refractivity contribution in [2.75, 3.05) is 0 Å². The highest BCUT2D eigenvalue weighted by molar-refractivity contribution is 7.11. The molecular formula is C12H18N2S. The van der Waals surface area contributed by atoms with Crippen LogP contribution in [-0.4, -0.2) is 4.98 Å². The number of thiazole rings is 1. The first kappa shape index (κ1) is 9.79. The lowest BCUT2D eigenvalue weighted by atomic mass is 9.99. The Bertz CT molecular complexity index is 394. The maximum Gasteiger partial charge on any atom is 0.0968 e.